The summed E-state index contributed by atoms with van der Waals surface area (Å²) in [6, 6.07) is 7.70. The third-order valence-corrected chi connectivity index (χ3v) is 5.15. The van der Waals surface area contributed by atoms with Gasteiger partial charge in [-0.3, -0.25) is 9.78 Å². The van der Waals surface area contributed by atoms with Crippen LogP contribution in [0.15, 0.2) is 47.0 Å². The lowest BCUT2D eigenvalue weighted by molar-refractivity contribution is 0.469. The fourth-order valence-corrected chi connectivity index (χ4v) is 3.71. The molecule has 26 heavy (non-hydrogen) atoms. The zero-order chi connectivity index (χ0) is 18.3. The monoisotopic (exact) mass is 364 g/mol. The molecule has 0 aliphatic carbocycles. The van der Waals surface area contributed by atoms with Gasteiger partial charge in [0.15, 0.2) is 0 Å². The van der Waals surface area contributed by atoms with Crippen molar-refractivity contribution in [2.75, 3.05) is 0 Å². The van der Waals surface area contributed by atoms with E-state index in [1.165, 1.54) is 12.5 Å². The van der Waals surface area contributed by atoms with Gasteiger partial charge in [0.1, 0.15) is 16.8 Å². The molecule has 1 aromatic carbocycles. The lowest BCUT2D eigenvalue weighted by atomic mass is 10.0. The van der Waals surface area contributed by atoms with Gasteiger partial charge in [-0.15, -0.1) is 11.3 Å². The molecule has 0 fully saturated rings. The van der Waals surface area contributed by atoms with Crippen LogP contribution in [0.2, 0.25) is 0 Å². The SMILES string of the molecule is Cc1cc(Oc2ncnc3ccsc23)ccc1-c1c(C)ncc(=O)n1C. The Labute approximate surface area is 153 Å². The highest BCUT2D eigenvalue weighted by Gasteiger charge is 2.13. The number of thiophene rings is 1. The lowest BCUT2D eigenvalue weighted by Gasteiger charge is -2.14. The minimum atomic E-state index is -0.133. The van der Waals surface area contributed by atoms with Crippen LogP contribution >= 0.6 is 11.3 Å². The highest BCUT2D eigenvalue weighted by molar-refractivity contribution is 7.17. The van der Waals surface area contributed by atoms with Crippen LogP contribution in [0, 0.1) is 13.8 Å². The van der Waals surface area contributed by atoms with E-state index in [1.807, 2.05) is 43.5 Å². The number of benzene rings is 1. The quantitative estimate of drug-likeness (QED) is 0.552. The number of ether oxygens (including phenoxy) is 1. The van der Waals surface area contributed by atoms with Crippen LogP contribution < -0.4 is 10.3 Å². The first kappa shape index (κ1) is 16.4. The van der Waals surface area contributed by atoms with Crippen molar-refractivity contribution in [3.05, 3.63) is 63.8 Å². The van der Waals surface area contributed by atoms with Gasteiger partial charge in [-0.25, -0.2) is 9.97 Å². The molecule has 0 unspecified atom stereocenters. The molecule has 130 valence electrons. The lowest BCUT2D eigenvalue weighted by Crippen LogP contribution is -2.19. The van der Waals surface area contributed by atoms with E-state index in [4.69, 9.17) is 4.74 Å². The summed E-state index contributed by atoms with van der Waals surface area (Å²) < 4.78 is 8.51. The minimum absolute atomic E-state index is 0.133. The maximum absolute atomic E-state index is 11.9. The Balaban J connectivity index is 1.75. The number of fused-ring (bicyclic) bond motifs is 1. The largest absolute Gasteiger partial charge is 0.437 e. The number of hydrogen-bond acceptors (Lipinski definition) is 6. The molecule has 0 N–H and O–H groups in total. The van der Waals surface area contributed by atoms with Gasteiger partial charge in [0, 0.05) is 12.6 Å². The molecule has 7 heteroatoms. The highest BCUT2D eigenvalue weighted by atomic mass is 32.1. The van der Waals surface area contributed by atoms with E-state index < -0.39 is 0 Å². The van der Waals surface area contributed by atoms with Crippen molar-refractivity contribution in [2.24, 2.45) is 7.05 Å². The summed E-state index contributed by atoms with van der Waals surface area (Å²) in [5.74, 6) is 1.23. The molecular weight excluding hydrogens is 348 g/mol. The van der Waals surface area contributed by atoms with Crippen molar-refractivity contribution in [1.82, 2.24) is 19.5 Å². The number of nitrogens with zero attached hydrogens (tertiary/aromatic N) is 4. The summed E-state index contributed by atoms with van der Waals surface area (Å²) in [5.41, 5.74) is 4.29. The second-order valence-corrected chi connectivity index (χ2v) is 6.90. The Morgan fingerprint density at radius 3 is 2.77 bits per heavy atom. The summed E-state index contributed by atoms with van der Waals surface area (Å²) in [4.78, 5) is 24.6. The second kappa shape index (κ2) is 6.34. The van der Waals surface area contributed by atoms with Crippen LogP contribution in [0.4, 0.5) is 0 Å². The fraction of sp³-hybridized carbons (Fsp3) is 0.158. The minimum Gasteiger partial charge on any atom is -0.437 e. The molecule has 0 atom stereocenters. The van der Waals surface area contributed by atoms with Crippen molar-refractivity contribution in [2.45, 2.75) is 13.8 Å². The molecule has 0 radical (unpaired) electrons. The molecule has 0 spiro atoms. The van der Waals surface area contributed by atoms with E-state index in [0.29, 0.717) is 11.6 Å². The van der Waals surface area contributed by atoms with Gasteiger partial charge in [-0.05, 0) is 49.1 Å². The molecule has 3 aromatic heterocycles. The molecular formula is C19H16N4O2S. The number of aromatic nitrogens is 4. The van der Waals surface area contributed by atoms with E-state index >= 15 is 0 Å². The van der Waals surface area contributed by atoms with E-state index in [9.17, 15) is 4.79 Å². The Kier molecular flexibility index (Phi) is 4.00. The third kappa shape index (κ3) is 2.76. The van der Waals surface area contributed by atoms with Crippen LogP contribution in [0.5, 0.6) is 11.6 Å². The van der Waals surface area contributed by atoms with Crippen LogP contribution in [0.3, 0.4) is 0 Å². The van der Waals surface area contributed by atoms with Crippen molar-refractivity contribution >= 4 is 21.6 Å². The maximum atomic E-state index is 11.9. The fourth-order valence-electron chi connectivity index (χ4n) is 2.94. The molecule has 0 saturated heterocycles. The van der Waals surface area contributed by atoms with Crippen molar-refractivity contribution in [3.8, 4) is 22.9 Å². The summed E-state index contributed by atoms with van der Waals surface area (Å²) >= 11 is 1.55. The molecule has 3 heterocycles. The van der Waals surface area contributed by atoms with E-state index in [1.54, 1.807) is 23.0 Å². The molecule has 0 saturated carbocycles. The first-order chi connectivity index (χ1) is 12.5. The molecule has 0 bridgehead atoms. The standard InChI is InChI=1S/C19H16N4O2S/c1-11-8-13(25-19-18-15(6-7-26-18)21-10-22-19)4-5-14(11)17-12(2)20-9-16(24)23(17)3/h4-10H,1-3H3. The van der Waals surface area contributed by atoms with Gasteiger partial charge in [-0.2, -0.15) is 0 Å². The van der Waals surface area contributed by atoms with Crippen molar-refractivity contribution in [1.29, 1.82) is 0 Å². The Hall–Kier alpha value is -3.06. The first-order valence-corrected chi connectivity index (χ1v) is 8.92. The second-order valence-electron chi connectivity index (χ2n) is 5.98. The number of rotatable bonds is 3. The summed E-state index contributed by atoms with van der Waals surface area (Å²) in [5, 5.41) is 1.96. The zero-order valence-electron chi connectivity index (χ0n) is 14.6. The predicted molar refractivity (Wildman–Crippen MR) is 102 cm³/mol. The van der Waals surface area contributed by atoms with Gasteiger partial charge in [0.25, 0.3) is 5.56 Å². The van der Waals surface area contributed by atoms with Gasteiger partial charge >= 0.3 is 0 Å². The average molecular weight is 364 g/mol. The van der Waals surface area contributed by atoms with Gasteiger partial charge in [0.05, 0.1) is 23.1 Å². The van der Waals surface area contributed by atoms with Crippen molar-refractivity contribution < 1.29 is 4.74 Å². The number of hydrogen-bond donors (Lipinski definition) is 0. The molecule has 4 rings (SSSR count). The predicted octanol–water partition coefficient (Wildman–Crippen LogP) is 3.86. The van der Waals surface area contributed by atoms with Gasteiger partial charge < -0.3 is 9.30 Å². The summed E-state index contributed by atoms with van der Waals surface area (Å²) in [6.45, 7) is 3.88. The Morgan fingerprint density at radius 1 is 1.12 bits per heavy atom. The van der Waals surface area contributed by atoms with Gasteiger partial charge in [0.2, 0.25) is 5.88 Å². The Bertz CT molecular complexity index is 1180. The van der Waals surface area contributed by atoms with Crippen molar-refractivity contribution in [3.63, 3.8) is 0 Å². The number of aryl methyl sites for hydroxylation is 2. The first-order valence-electron chi connectivity index (χ1n) is 8.04. The third-order valence-electron chi connectivity index (χ3n) is 4.26. The molecule has 0 amide bonds. The highest BCUT2D eigenvalue weighted by Crippen LogP contribution is 2.33. The summed E-state index contributed by atoms with van der Waals surface area (Å²) in [6.07, 6.45) is 2.84. The molecule has 4 aromatic rings. The van der Waals surface area contributed by atoms with Crippen LogP contribution in [0.1, 0.15) is 11.3 Å². The summed E-state index contributed by atoms with van der Waals surface area (Å²) in [7, 11) is 1.75. The van der Waals surface area contributed by atoms with E-state index in [-0.39, 0.29) is 5.56 Å². The normalized spacial score (nSPS) is 11.0. The maximum Gasteiger partial charge on any atom is 0.269 e. The van der Waals surface area contributed by atoms with Gasteiger partial charge in [-0.1, -0.05) is 0 Å². The van der Waals surface area contributed by atoms with E-state index in [0.717, 1.165) is 32.7 Å². The van der Waals surface area contributed by atoms with E-state index in [2.05, 4.69) is 15.0 Å². The topological polar surface area (TPSA) is 69.9 Å². The van der Waals surface area contributed by atoms with Crippen LogP contribution in [-0.2, 0) is 7.05 Å². The molecule has 6 nitrogen and oxygen atoms in total. The Morgan fingerprint density at radius 2 is 1.96 bits per heavy atom. The van der Waals surface area contributed by atoms with Crippen LogP contribution in [-0.4, -0.2) is 19.5 Å². The smallest absolute Gasteiger partial charge is 0.269 e. The van der Waals surface area contributed by atoms with Crippen LogP contribution in [0.25, 0.3) is 21.5 Å². The molecule has 0 aliphatic heterocycles. The average Bonchev–Trinajstić information content (AvgIpc) is 3.10. The molecule has 0 aliphatic rings. The zero-order valence-corrected chi connectivity index (χ0v) is 15.4.